The van der Waals surface area contributed by atoms with Crippen molar-refractivity contribution in [1.29, 1.82) is 0 Å². The molecule has 0 unspecified atom stereocenters. The van der Waals surface area contributed by atoms with Crippen LogP contribution in [0.25, 0.3) is 11.2 Å². The van der Waals surface area contributed by atoms with Gasteiger partial charge in [-0.3, -0.25) is 4.57 Å². The van der Waals surface area contributed by atoms with Gasteiger partial charge in [0.05, 0.1) is 10.5 Å². The zero-order chi connectivity index (χ0) is 15.0. The molecular weight excluding hydrogens is 286 g/mol. The number of fused-ring (bicyclic) bond motifs is 1. The van der Waals surface area contributed by atoms with E-state index < -0.39 is 0 Å². The van der Waals surface area contributed by atoms with Crippen molar-refractivity contribution in [3.8, 4) is 6.01 Å². The van der Waals surface area contributed by atoms with Gasteiger partial charge in [-0.2, -0.15) is 4.98 Å². The van der Waals surface area contributed by atoms with Gasteiger partial charge in [-0.15, -0.1) is 0 Å². The highest BCUT2D eigenvalue weighted by atomic mass is 35.5. The Morgan fingerprint density at radius 2 is 1.95 bits per heavy atom. The number of hydrogen-bond donors (Lipinski definition) is 1. The number of nitrogens with zero attached hydrogens (tertiary/aromatic N) is 3. The molecule has 108 valence electrons. The Balaban J connectivity index is 2.10. The highest BCUT2D eigenvalue weighted by Crippen LogP contribution is 2.31. The van der Waals surface area contributed by atoms with E-state index in [-0.39, 0.29) is 11.5 Å². The molecule has 0 spiro atoms. The first kappa shape index (κ1) is 13.9. The molecule has 21 heavy (non-hydrogen) atoms. The lowest BCUT2D eigenvalue weighted by Crippen LogP contribution is -2.28. The molecule has 0 aliphatic rings. The maximum atomic E-state index is 10.2. The van der Waals surface area contributed by atoms with Gasteiger partial charge in [0.25, 0.3) is 6.01 Å². The summed E-state index contributed by atoms with van der Waals surface area (Å²) in [4.78, 5) is 8.27. The van der Waals surface area contributed by atoms with Gasteiger partial charge < -0.3 is 5.11 Å². The number of halogens is 1. The van der Waals surface area contributed by atoms with Gasteiger partial charge in [0.15, 0.2) is 5.65 Å². The van der Waals surface area contributed by atoms with Crippen molar-refractivity contribution in [2.45, 2.75) is 25.8 Å². The smallest absolute Gasteiger partial charge is 0.296 e. The van der Waals surface area contributed by atoms with Crippen molar-refractivity contribution in [3.05, 3.63) is 53.2 Å². The Hall–Kier alpha value is -2.07. The largest absolute Gasteiger partial charge is 0.480 e. The standard InChI is InChI=1S/C16H16ClN3O/c1-16(2,9-11-6-4-3-5-7-11)20-13-8-12(17)10-18-14(13)19-15(20)21/h3-8,10H,9H2,1-2H3,(H,18,19,21). The molecule has 2 heterocycles. The van der Waals surface area contributed by atoms with Crippen LogP contribution in [0.2, 0.25) is 5.02 Å². The number of aromatic hydroxyl groups is 1. The quantitative estimate of drug-likeness (QED) is 0.801. The molecule has 4 nitrogen and oxygen atoms in total. The molecule has 1 N–H and O–H groups in total. The van der Waals surface area contributed by atoms with E-state index in [9.17, 15) is 5.11 Å². The van der Waals surface area contributed by atoms with Gasteiger partial charge >= 0.3 is 0 Å². The average Bonchev–Trinajstić information content (AvgIpc) is 2.75. The Kier molecular flexibility index (Phi) is 3.33. The summed E-state index contributed by atoms with van der Waals surface area (Å²) in [6, 6.07) is 11.9. The zero-order valence-corrected chi connectivity index (χ0v) is 12.7. The van der Waals surface area contributed by atoms with Crippen LogP contribution in [-0.2, 0) is 12.0 Å². The first-order chi connectivity index (χ1) is 9.97. The predicted octanol–water partition coefficient (Wildman–Crippen LogP) is 3.77. The van der Waals surface area contributed by atoms with Gasteiger partial charge in [-0.05, 0) is 31.9 Å². The van der Waals surface area contributed by atoms with Crippen molar-refractivity contribution < 1.29 is 5.11 Å². The van der Waals surface area contributed by atoms with Crippen molar-refractivity contribution >= 4 is 22.8 Å². The topological polar surface area (TPSA) is 50.9 Å². The fraction of sp³-hybridized carbons (Fsp3) is 0.250. The molecule has 1 aromatic carbocycles. The van der Waals surface area contributed by atoms with E-state index in [4.69, 9.17) is 11.6 Å². The molecule has 0 saturated carbocycles. The molecule has 3 rings (SSSR count). The summed E-state index contributed by atoms with van der Waals surface area (Å²) in [5.41, 5.74) is 2.07. The number of pyridine rings is 1. The SMILES string of the molecule is CC(C)(Cc1ccccc1)n1c(O)nc2ncc(Cl)cc21. The lowest BCUT2D eigenvalue weighted by atomic mass is 9.94. The third-order valence-electron chi connectivity index (χ3n) is 3.55. The minimum Gasteiger partial charge on any atom is -0.480 e. The fourth-order valence-electron chi connectivity index (χ4n) is 2.70. The van der Waals surface area contributed by atoms with Crippen LogP contribution in [0.5, 0.6) is 6.01 Å². The Morgan fingerprint density at radius 1 is 1.24 bits per heavy atom. The molecule has 0 amide bonds. The van der Waals surface area contributed by atoms with Gasteiger partial charge in [0, 0.05) is 11.7 Å². The summed E-state index contributed by atoms with van der Waals surface area (Å²) in [5.74, 6) is 0. The van der Waals surface area contributed by atoms with Crippen molar-refractivity contribution in [2.24, 2.45) is 0 Å². The Morgan fingerprint density at radius 3 is 2.67 bits per heavy atom. The normalized spacial score (nSPS) is 12.0. The molecule has 5 heteroatoms. The highest BCUT2D eigenvalue weighted by molar-refractivity contribution is 6.31. The van der Waals surface area contributed by atoms with Crippen LogP contribution in [-0.4, -0.2) is 19.6 Å². The van der Waals surface area contributed by atoms with E-state index in [2.05, 4.69) is 35.9 Å². The molecule has 0 bridgehead atoms. The van der Waals surface area contributed by atoms with Crippen LogP contribution in [0.1, 0.15) is 19.4 Å². The molecule has 0 aliphatic heterocycles. The second-order valence-electron chi connectivity index (χ2n) is 5.72. The summed E-state index contributed by atoms with van der Waals surface area (Å²) < 4.78 is 1.79. The van der Waals surface area contributed by atoms with Gasteiger partial charge in [-0.1, -0.05) is 41.9 Å². The summed E-state index contributed by atoms with van der Waals surface area (Å²) >= 11 is 6.02. The third kappa shape index (κ3) is 2.59. The van der Waals surface area contributed by atoms with Crippen molar-refractivity contribution in [1.82, 2.24) is 14.5 Å². The predicted molar refractivity (Wildman–Crippen MR) is 83.7 cm³/mol. The van der Waals surface area contributed by atoms with E-state index >= 15 is 0 Å². The molecular formula is C16H16ClN3O. The number of benzene rings is 1. The minimum absolute atomic E-state index is 0.0410. The zero-order valence-electron chi connectivity index (χ0n) is 11.9. The number of imidazole rings is 1. The Bertz CT molecular complexity index is 781. The van der Waals surface area contributed by atoms with E-state index in [0.717, 1.165) is 11.9 Å². The van der Waals surface area contributed by atoms with Gasteiger partial charge in [-0.25, -0.2) is 4.98 Å². The Labute approximate surface area is 128 Å². The molecule has 0 fully saturated rings. The van der Waals surface area contributed by atoms with E-state index in [1.54, 1.807) is 10.6 Å². The molecule has 0 aliphatic carbocycles. The molecule has 3 aromatic rings. The third-order valence-corrected chi connectivity index (χ3v) is 3.75. The molecule has 0 atom stereocenters. The van der Waals surface area contributed by atoms with Crippen molar-refractivity contribution in [3.63, 3.8) is 0 Å². The van der Waals surface area contributed by atoms with Crippen LogP contribution in [0.15, 0.2) is 42.6 Å². The van der Waals surface area contributed by atoms with Gasteiger partial charge in [0.2, 0.25) is 0 Å². The minimum atomic E-state index is -0.355. The van der Waals surface area contributed by atoms with E-state index in [0.29, 0.717) is 10.7 Å². The monoisotopic (exact) mass is 301 g/mol. The van der Waals surface area contributed by atoms with Crippen LogP contribution in [0.3, 0.4) is 0 Å². The number of hydrogen-bond acceptors (Lipinski definition) is 3. The second kappa shape index (κ2) is 5.04. The summed E-state index contributed by atoms with van der Waals surface area (Å²) in [7, 11) is 0. The highest BCUT2D eigenvalue weighted by Gasteiger charge is 2.27. The lowest BCUT2D eigenvalue weighted by molar-refractivity contribution is 0.300. The number of rotatable bonds is 3. The van der Waals surface area contributed by atoms with Gasteiger partial charge in [0.1, 0.15) is 0 Å². The van der Waals surface area contributed by atoms with Crippen LogP contribution in [0, 0.1) is 0 Å². The average molecular weight is 302 g/mol. The number of aromatic nitrogens is 3. The van der Waals surface area contributed by atoms with E-state index in [1.165, 1.54) is 11.8 Å². The fourth-order valence-corrected chi connectivity index (χ4v) is 2.85. The summed E-state index contributed by atoms with van der Waals surface area (Å²) in [5, 5.41) is 10.7. The second-order valence-corrected chi connectivity index (χ2v) is 6.15. The summed E-state index contributed by atoms with van der Waals surface area (Å²) in [6.07, 6.45) is 2.30. The van der Waals surface area contributed by atoms with Crippen LogP contribution < -0.4 is 0 Å². The molecule has 0 radical (unpaired) electrons. The maximum Gasteiger partial charge on any atom is 0.296 e. The first-order valence-corrected chi connectivity index (χ1v) is 7.12. The summed E-state index contributed by atoms with van der Waals surface area (Å²) in [6.45, 7) is 4.11. The van der Waals surface area contributed by atoms with Crippen LogP contribution >= 0.6 is 11.6 Å². The maximum absolute atomic E-state index is 10.2. The van der Waals surface area contributed by atoms with Crippen LogP contribution in [0.4, 0.5) is 0 Å². The lowest BCUT2D eigenvalue weighted by Gasteiger charge is -2.28. The first-order valence-electron chi connectivity index (χ1n) is 6.75. The molecule has 2 aromatic heterocycles. The van der Waals surface area contributed by atoms with Crippen molar-refractivity contribution in [2.75, 3.05) is 0 Å². The molecule has 0 saturated heterocycles. The van der Waals surface area contributed by atoms with E-state index in [1.807, 2.05) is 18.2 Å².